The van der Waals surface area contributed by atoms with Crippen molar-refractivity contribution in [3.8, 4) is 17.1 Å². The van der Waals surface area contributed by atoms with Crippen molar-refractivity contribution in [3.05, 3.63) is 60.0 Å². The predicted octanol–water partition coefficient (Wildman–Crippen LogP) is 3.40. The molecule has 0 aliphatic rings. The van der Waals surface area contributed by atoms with E-state index in [4.69, 9.17) is 9.47 Å². The van der Waals surface area contributed by atoms with E-state index in [-0.39, 0.29) is 28.3 Å². The van der Waals surface area contributed by atoms with Gasteiger partial charge in [0.25, 0.3) is 15.9 Å². The molecule has 0 aliphatic heterocycles. The molecule has 2 aromatic heterocycles. The summed E-state index contributed by atoms with van der Waals surface area (Å²) in [4.78, 5) is 24.5. The maximum atomic E-state index is 13.2. The average Bonchev–Trinajstić information content (AvgIpc) is 2.79. The molecular formula is C23H26N4O5S. The van der Waals surface area contributed by atoms with Crippen LogP contribution >= 0.6 is 0 Å². The fourth-order valence-corrected chi connectivity index (χ4v) is 4.50. The number of pyridine rings is 1. The summed E-state index contributed by atoms with van der Waals surface area (Å²) in [5.41, 5.74) is 1.70. The van der Waals surface area contributed by atoms with E-state index < -0.39 is 15.4 Å². The third-order valence-corrected chi connectivity index (χ3v) is 6.33. The third-order valence-electron chi connectivity index (χ3n) is 4.96. The second-order valence-electron chi connectivity index (χ2n) is 8.07. The highest BCUT2D eigenvalue weighted by Gasteiger charge is 2.29. The molecule has 0 saturated carbocycles. The van der Waals surface area contributed by atoms with Crippen molar-refractivity contribution >= 4 is 21.8 Å². The Bertz CT molecular complexity index is 1260. The number of nitrogens with zero attached hydrogens (tertiary/aromatic N) is 3. The molecule has 10 heteroatoms. The van der Waals surface area contributed by atoms with Gasteiger partial charge in [-0.2, -0.15) is 0 Å². The number of sulfonamides is 1. The van der Waals surface area contributed by atoms with E-state index >= 15 is 0 Å². The Morgan fingerprint density at radius 3 is 2.42 bits per heavy atom. The lowest BCUT2D eigenvalue weighted by Gasteiger charge is -2.21. The van der Waals surface area contributed by atoms with E-state index in [2.05, 4.69) is 19.7 Å². The van der Waals surface area contributed by atoms with Gasteiger partial charge in [-0.25, -0.2) is 18.4 Å². The Labute approximate surface area is 193 Å². The molecule has 0 bridgehead atoms. The lowest BCUT2D eigenvalue weighted by Crippen LogP contribution is -2.27. The van der Waals surface area contributed by atoms with Crippen molar-refractivity contribution in [2.75, 3.05) is 18.9 Å². The van der Waals surface area contributed by atoms with E-state index in [0.29, 0.717) is 17.7 Å². The van der Waals surface area contributed by atoms with E-state index in [1.165, 1.54) is 32.7 Å². The molecule has 3 aromatic rings. The Kier molecular flexibility index (Phi) is 6.97. The number of carbonyl (C=O) groups excluding carboxylic acids is 1. The van der Waals surface area contributed by atoms with Crippen LogP contribution in [0, 0.1) is 12.3 Å². The zero-order valence-electron chi connectivity index (χ0n) is 19.1. The van der Waals surface area contributed by atoms with E-state index in [1.54, 1.807) is 25.1 Å². The summed E-state index contributed by atoms with van der Waals surface area (Å²) in [5.74, 6) is -0.245. The topological polar surface area (TPSA) is 120 Å². The van der Waals surface area contributed by atoms with Crippen LogP contribution < -0.4 is 9.46 Å². The summed E-state index contributed by atoms with van der Waals surface area (Å²) in [6, 6.07) is 10.2. The van der Waals surface area contributed by atoms with Gasteiger partial charge in [-0.05, 0) is 44.9 Å². The first kappa shape index (κ1) is 24.1. The molecule has 3 rings (SSSR count). The van der Waals surface area contributed by atoms with Crippen molar-refractivity contribution in [1.29, 1.82) is 0 Å². The van der Waals surface area contributed by atoms with Gasteiger partial charge in [-0.1, -0.05) is 24.3 Å². The van der Waals surface area contributed by atoms with Crippen LogP contribution in [0.1, 0.15) is 25.1 Å². The minimum absolute atomic E-state index is 0.0155. The van der Waals surface area contributed by atoms with Crippen molar-refractivity contribution in [3.63, 3.8) is 0 Å². The largest absolute Gasteiger partial charge is 0.478 e. The van der Waals surface area contributed by atoms with Gasteiger partial charge in [0.15, 0.2) is 0 Å². The summed E-state index contributed by atoms with van der Waals surface area (Å²) in [6.07, 6.45) is 3.44. The number of hydrogen-bond donors (Lipinski definition) is 1. The van der Waals surface area contributed by atoms with Crippen LogP contribution in [-0.4, -0.2) is 43.6 Å². The first-order valence-corrected chi connectivity index (χ1v) is 11.6. The number of methoxy groups -OCH3 is 2. The van der Waals surface area contributed by atoms with Gasteiger partial charge in [0.2, 0.25) is 5.82 Å². The monoisotopic (exact) mass is 470 g/mol. The molecule has 0 radical (unpaired) electrons. The lowest BCUT2D eigenvalue weighted by atomic mass is 9.85. The van der Waals surface area contributed by atoms with Gasteiger partial charge in [-0.3, -0.25) is 14.5 Å². The molecule has 0 saturated heterocycles. The van der Waals surface area contributed by atoms with Gasteiger partial charge in [0.1, 0.15) is 4.90 Å². The average molecular weight is 471 g/mol. The Morgan fingerprint density at radius 1 is 1.09 bits per heavy atom. The lowest BCUT2D eigenvalue weighted by molar-refractivity contribution is -0.150. The van der Waals surface area contributed by atoms with Gasteiger partial charge in [0.05, 0.1) is 37.2 Å². The molecule has 1 N–H and O–H groups in total. The number of anilines is 1. The summed E-state index contributed by atoms with van der Waals surface area (Å²) < 4.78 is 38.8. The summed E-state index contributed by atoms with van der Waals surface area (Å²) in [6.45, 7) is 5.34. The number of aryl methyl sites for hydroxylation is 1. The second-order valence-corrected chi connectivity index (χ2v) is 9.72. The number of hydrogen-bond acceptors (Lipinski definition) is 8. The van der Waals surface area contributed by atoms with Crippen LogP contribution in [0.25, 0.3) is 11.3 Å². The highest BCUT2D eigenvalue weighted by Crippen LogP contribution is 2.30. The fraction of sp³-hybridized carbons (Fsp3) is 0.304. The van der Waals surface area contributed by atoms with E-state index in [1.807, 2.05) is 26.0 Å². The van der Waals surface area contributed by atoms with E-state index in [9.17, 15) is 13.2 Å². The fourth-order valence-electron chi connectivity index (χ4n) is 3.31. The summed E-state index contributed by atoms with van der Waals surface area (Å²) >= 11 is 0. The van der Waals surface area contributed by atoms with Crippen LogP contribution in [-0.2, 0) is 26.0 Å². The summed E-state index contributed by atoms with van der Waals surface area (Å²) in [5, 5.41) is 0. The number of rotatable bonds is 8. The molecule has 2 heterocycles. The maximum absolute atomic E-state index is 13.2. The molecule has 9 nitrogen and oxygen atoms in total. The van der Waals surface area contributed by atoms with Crippen LogP contribution in [0.5, 0.6) is 5.88 Å². The number of benzene rings is 1. The summed E-state index contributed by atoms with van der Waals surface area (Å²) in [7, 11) is -1.30. The molecule has 0 atom stereocenters. The Morgan fingerprint density at radius 2 is 1.79 bits per heavy atom. The molecular weight excluding hydrogens is 444 g/mol. The Hall–Kier alpha value is -3.53. The zero-order chi connectivity index (χ0) is 24.2. The first-order chi connectivity index (χ1) is 15.6. The smallest absolute Gasteiger partial charge is 0.311 e. The number of ether oxygens (including phenoxy) is 2. The van der Waals surface area contributed by atoms with Gasteiger partial charge in [-0.15, -0.1) is 0 Å². The van der Waals surface area contributed by atoms with Gasteiger partial charge < -0.3 is 9.47 Å². The second kappa shape index (κ2) is 9.53. The van der Waals surface area contributed by atoms with Crippen molar-refractivity contribution < 1.29 is 22.7 Å². The molecule has 174 valence electrons. The molecule has 33 heavy (non-hydrogen) atoms. The van der Waals surface area contributed by atoms with Crippen molar-refractivity contribution in [2.45, 2.75) is 32.1 Å². The number of nitrogens with one attached hydrogen (secondary N) is 1. The predicted molar refractivity (Wildman–Crippen MR) is 123 cm³/mol. The number of esters is 1. The standard InChI is InChI=1S/C23H26N4O5S/c1-15-14-25-20(21(26-15)31-4)27-33(29,30)18-7-6-12-24-19(18)17-10-8-16(9-11-17)13-23(2,3)22(28)32-5/h6-12,14H,13H2,1-5H3,(H,25,27). The quantitative estimate of drug-likeness (QED) is 0.497. The third kappa shape index (κ3) is 5.46. The molecule has 1 aromatic carbocycles. The number of aromatic nitrogens is 3. The van der Waals surface area contributed by atoms with Crippen LogP contribution in [0.15, 0.2) is 53.7 Å². The van der Waals surface area contributed by atoms with Crippen molar-refractivity contribution in [2.24, 2.45) is 5.41 Å². The van der Waals surface area contributed by atoms with Crippen LogP contribution in [0.2, 0.25) is 0 Å². The molecule has 0 unspecified atom stereocenters. The SMILES string of the molecule is COC(=O)C(C)(C)Cc1ccc(-c2ncccc2S(=O)(=O)Nc2ncc(C)nc2OC)cc1. The van der Waals surface area contributed by atoms with Crippen molar-refractivity contribution in [1.82, 2.24) is 15.0 Å². The van der Waals surface area contributed by atoms with Crippen LogP contribution in [0.4, 0.5) is 5.82 Å². The minimum Gasteiger partial charge on any atom is -0.478 e. The highest BCUT2D eigenvalue weighted by atomic mass is 32.2. The first-order valence-electron chi connectivity index (χ1n) is 10.1. The normalized spacial score (nSPS) is 11.7. The highest BCUT2D eigenvalue weighted by molar-refractivity contribution is 7.92. The molecule has 0 spiro atoms. The molecule has 0 amide bonds. The molecule has 0 aliphatic carbocycles. The maximum Gasteiger partial charge on any atom is 0.311 e. The van der Waals surface area contributed by atoms with Crippen LogP contribution in [0.3, 0.4) is 0 Å². The molecule has 0 fully saturated rings. The number of carbonyl (C=O) groups is 1. The zero-order valence-corrected chi connectivity index (χ0v) is 19.9. The van der Waals surface area contributed by atoms with Gasteiger partial charge in [0, 0.05) is 11.8 Å². The van der Waals surface area contributed by atoms with E-state index in [0.717, 1.165) is 5.56 Å². The minimum atomic E-state index is -4.05. The Balaban J connectivity index is 1.93. The van der Waals surface area contributed by atoms with Gasteiger partial charge >= 0.3 is 5.97 Å².